The fourth-order valence-electron chi connectivity index (χ4n) is 2.29. The zero-order valence-corrected chi connectivity index (χ0v) is 13.4. The van der Waals surface area contributed by atoms with Gasteiger partial charge >= 0.3 is 0 Å². The summed E-state index contributed by atoms with van der Waals surface area (Å²) in [7, 11) is 0. The van der Waals surface area contributed by atoms with E-state index in [-0.39, 0.29) is 0 Å². The number of hydrogen-bond donors (Lipinski definition) is 2. The van der Waals surface area contributed by atoms with Gasteiger partial charge in [-0.25, -0.2) is 4.98 Å². The molecule has 0 aliphatic heterocycles. The van der Waals surface area contributed by atoms with Crippen LogP contribution in [-0.4, -0.2) is 16.5 Å². The molecule has 114 valence electrons. The predicted molar refractivity (Wildman–Crippen MR) is 88.7 cm³/mol. The SMILES string of the molecule is CCCCc1nc(Cl)c(CNCCCc2ccccc2)[nH]1. The summed E-state index contributed by atoms with van der Waals surface area (Å²) in [4.78, 5) is 7.68. The Bertz CT molecular complexity index is 522. The smallest absolute Gasteiger partial charge is 0.151 e. The van der Waals surface area contributed by atoms with Crippen LogP contribution in [0.4, 0.5) is 0 Å². The molecular formula is C17H24ClN3. The van der Waals surface area contributed by atoms with Gasteiger partial charge in [-0.3, -0.25) is 0 Å². The molecule has 2 rings (SSSR count). The third-order valence-electron chi connectivity index (χ3n) is 3.51. The van der Waals surface area contributed by atoms with Crippen molar-refractivity contribution in [1.29, 1.82) is 0 Å². The Hall–Kier alpha value is -1.32. The van der Waals surface area contributed by atoms with E-state index in [1.54, 1.807) is 0 Å². The van der Waals surface area contributed by atoms with Gasteiger partial charge in [0.2, 0.25) is 0 Å². The van der Waals surface area contributed by atoms with Gasteiger partial charge in [0, 0.05) is 13.0 Å². The lowest BCUT2D eigenvalue weighted by atomic mass is 10.1. The van der Waals surface area contributed by atoms with Crippen molar-refractivity contribution in [3.8, 4) is 0 Å². The van der Waals surface area contributed by atoms with Gasteiger partial charge in [0.25, 0.3) is 0 Å². The van der Waals surface area contributed by atoms with Crippen LogP contribution in [0.15, 0.2) is 30.3 Å². The number of aromatic nitrogens is 2. The molecule has 0 unspecified atom stereocenters. The maximum atomic E-state index is 6.15. The number of nitrogens with zero attached hydrogens (tertiary/aromatic N) is 1. The molecule has 2 aromatic rings. The maximum absolute atomic E-state index is 6.15. The number of hydrogen-bond acceptors (Lipinski definition) is 2. The molecule has 4 heteroatoms. The standard InChI is InChI=1S/C17H24ClN3/c1-2-3-11-16-20-15(17(18)21-16)13-19-12-7-10-14-8-5-4-6-9-14/h4-6,8-9,19H,2-3,7,10-13H2,1H3,(H,20,21). The number of rotatable bonds is 9. The molecule has 0 saturated heterocycles. The summed E-state index contributed by atoms with van der Waals surface area (Å²) in [6.45, 7) is 3.92. The Kier molecular flexibility index (Phi) is 6.77. The van der Waals surface area contributed by atoms with Crippen LogP contribution < -0.4 is 5.32 Å². The Morgan fingerprint density at radius 1 is 1.14 bits per heavy atom. The lowest BCUT2D eigenvalue weighted by molar-refractivity contribution is 0.641. The fourth-order valence-corrected chi connectivity index (χ4v) is 2.51. The van der Waals surface area contributed by atoms with Crippen LogP contribution in [0.3, 0.4) is 0 Å². The number of aromatic amines is 1. The largest absolute Gasteiger partial charge is 0.344 e. The zero-order valence-electron chi connectivity index (χ0n) is 12.7. The average molecular weight is 306 g/mol. The molecule has 1 aromatic heterocycles. The van der Waals surface area contributed by atoms with Crippen molar-refractivity contribution in [3.05, 3.63) is 52.6 Å². The van der Waals surface area contributed by atoms with Crippen LogP contribution in [-0.2, 0) is 19.4 Å². The summed E-state index contributed by atoms with van der Waals surface area (Å²) in [5.41, 5.74) is 2.39. The Labute approximate surface area is 132 Å². The van der Waals surface area contributed by atoms with Gasteiger partial charge in [-0.05, 0) is 31.4 Å². The summed E-state index contributed by atoms with van der Waals surface area (Å²) in [5, 5.41) is 4.03. The molecule has 0 aliphatic carbocycles. The molecule has 21 heavy (non-hydrogen) atoms. The van der Waals surface area contributed by atoms with Crippen molar-refractivity contribution in [2.45, 2.75) is 45.6 Å². The molecule has 3 nitrogen and oxygen atoms in total. The minimum Gasteiger partial charge on any atom is -0.344 e. The number of H-pyrrole nitrogens is 1. The van der Waals surface area contributed by atoms with Gasteiger partial charge in [0.05, 0.1) is 5.69 Å². The van der Waals surface area contributed by atoms with Crippen molar-refractivity contribution < 1.29 is 0 Å². The van der Waals surface area contributed by atoms with Crippen LogP contribution in [0.2, 0.25) is 5.15 Å². The number of aryl methyl sites for hydroxylation is 2. The quantitative estimate of drug-likeness (QED) is 0.684. The first kappa shape index (κ1) is 16.1. The lowest BCUT2D eigenvalue weighted by Crippen LogP contribution is -2.15. The minimum absolute atomic E-state index is 0.608. The molecule has 0 aliphatic rings. The van der Waals surface area contributed by atoms with E-state index in [1.165, 1.54) is 12.0 Å². The highest BCUT2D eigenvalue weighted by atomic mass is 35.5. The molecule has 0 atom stereocenters. The first-order valence-electron chi connectivity index (χ1n) is 7.77. The molecule has 0 amide bonds. The zero-order chi connectivity index (χ0) is 14.9. The topological polar surface area (TPSA) is 40.7 Å². The molecule has 0 fully saturated rings. The molecule has 0 radical (unpaired) electrons. The van der Waals surface area contributed by atoms with Crippen LogP contribution in [0.1, 0.15) is 43.3 Å². The molecule has 1 heterocycles. The van der Waals surface area contributed by atoms with Gasteiger partial charge in [-0.1, -0.05) is 55.3 Å². The number of unbranched alkanes of at least 4 members (excludes halogenated alkanes) is 1. The Balaban J connectivity index is 1.67. The summed E-state index contributed by atoms with van der Waals surface area (Å²) in [5.74, 6) is 1.00. The second-order valence-electron chi connectivity index (χ2n) is 5.32. The van der Waals surface area contributed by atoms with Gasteiger partial charge in [-0.15, -0.1) is 0 Å². The van der Waals surface area contributed by atoms with E-state index >= 15 is 0 Å². The highest BCUT2D eigenvalue weighted by Crippen LogP contribution is 2.14. The number of nitrogens with one attached hydrogen (secondary N) is 2. The average Bonchev–Trinajstić information content (AvgIpc) is 2.86. The Morgan fingerprint density at radius 2 is 1.95 bits per heavy atom. The van der Waals surface area contributed by atoms with Crippen molar-refractivity contribution in [2.24, 2.45) is 0 Å². The molecule has 2 N–H and O–H groups in total. The second-order valence-corrected chi connectivity index (χ2v) is 5.68. The monoisotopic (exact) mass is 305 g/mol. The van der Waals surface area contributed by atoms with E-state index in [2.05, 4.69) is 52.5 Å². The minimum atomic E-state index is 0.608. The van der Waals surface area contributed by atoms with Crippen LogP contribution in [0.25, 0.3) is 0 Å². The van der Waals surface area contributed by atoms with Crippen molar-refractivity contribution in [3.63, 3.8) is 0 Å². The summed E-state index contributed by atoms with van der Waals surface area (Å²) in [6, 6.07) is 10.6. The molecule has 0 saturated carbocycles. The molecule has 0 bridgehead atoms. The first-order valence-corrected chi connectivity index (χ1v) is 8.15. The second kappa shape index (κ2) is 8.85. The molecular weight excluding hydrogens is 282 g/mol. The Morgan fingerprint density at radius 3 is 2.71 bits per heavy atom. The van der Waals surface area contributed by atoms with E-state index in [9.17, 15) is 0 Å². The van der Waals surface area contributed by atoms with Crippen LogP contribution >= 0.6 is 11.6 Å². The van der Waals surface area contributed by atoms with E-state index in [0.717, 1.165) is 50.3 Å². The highest BCUT2D eigenvalue weighted by molar-refractivity contribution is 6.30. The summed E-state index contributed by atoms with van der Waals surface area (Å²) >= 11 is 6.15. The van der Waals surface area contributed by atoms with Crippen LogP contribution in [0, 0.1) is 0 Å². The normalized spacial score (nSPS) is 11.0. The van der Waals surface area contributed by atoms with Crippen molar-refractivity contribution in [1.82, 2.24) is 15.3 Å². The van der Waals surface area contributed by atoms with Gasteiger partial charge in [0.1, 0.15) is 5.82 Å². The maximum Gasteiger partial charge on any atom is 0.151 e. The van der Waals surface area contributed by atoms with Crippen molar-refractivity contribution in [2.75, 3.05) is 6.54 Å². The summed E-state index contributed by atoms with van der Waals surface area (Å²) in [6.07, 6.45) is 5.52. The predicted octanol–water partition coefficient (Wildman–Crippen LogP) is 4.13. The number of imidazole rings is 1. The van der Waals surface area contributed by atoms with E-state index < -0.39 is 0 Å². The highest BCUT2D eigenvalue weighted by Gasteiger charge is 2.07. The van der Waals surface area contributed by atoms with Crippen LogP contribution in [0.5, 0.6) is 0 Å². The third kappa shape index (κ3) is 5.52. The fraction of sp³-hybridized carbons (Fsp3) is 0.471. The van der Waals surface area contributed by atoms with Crippen molar-refractivity contribution >= 4 is 11.6 Å². The van der Waals surface area contributed by atoms with E-state index in [4.69, 9.17) is 11.6 Å². The van der Waals surface area contributed by atoms with E-state index in [0.29, 0.717) is 5.15 Å². The van der Waals surface area contributed by atoms with Gasteiger partial charge < -0.3 is 10.3 Å². The van der Waals surface area contributed by atoms with Gasteiger partial charge in [-0.2, -0.15) is 0 Å². The first-order chi connectivity index (χ1) is 10.3. The van der Waals surface area contributed by atoms with Gasteiger partial charge in [0.15, 0.2) is 5.15 Å². The molecule has 1 aromatic carbocycles. The lowest BCUT2D eigenvalue weighted by Gasteiger charge is -2.04. The summed E-state index contributed by atoms with van der Waals surface area (Å²) < 4.78 is 0. The number of halogens is 1. The number of benzene rings is 1. The third-order valence-corrected chi connectivity index (χ3v) is 3.82. The molecule has 0 spiro atoms. The van der Waals surface area contributed by atoms with E-state index in [1.807, 2.05) is 0 Å².